The van der Waals surface area contributed by atoms with Crippen molar-refractivity contribution in [1.29, 1.82) is 0 Å². The number of hydrogen-bond acceptors (Lipinski definition) is 6. The van der Waals surface area contributed by atoms with Crippen LogP contribution < -0.4 is 0 Å². The Hall–Kier alpha value is 0.628. The molecule has 0 saturated carbocycles. The molecule has 10 heteroatoms. The second kappa shape index (κ2) is 19.3. The summed E-state index contributed by atoms with van der Waals surface area (Å²) in [5.74, 6) is 0. The van der Waals surface area contributed by atoms with E-state index < -0.39 is 35.9 Å². The summed E-state index contributed by atoms with van der Waals surface area (Å²) in [5.41, 5.74) is 0. The van der Waals surface area contributed by atoms with Crippen LogP contribution in [0.15, 0.2) is 0 Å². The Morgan fingerprint density at radius 3 is 0.897 bits per heavy atom. The molecule has 0 saturated heterocycles. The van der Waals surface area contributed by atoms with E-state index in [2.05, 4.69) is 6.55 Å². The highest BCUT2D eigenvalue weighted by atomic mass is 28.3. The first-order valence-corrected chi connectivity index (χ1v) is 19.5. The zero-order chi connectivity index (χ0) is 22.0. The van der Waals surface area contributed by atoms with Crippen LogP contribution in [0.1, 0.15) is 38.5 Å². The van der Waals surface area contributed by atoms with E-state index in [1.807, 2.05) is 0 Å². The molecule has 0 rings (SSSR count). The van der Waals surface area contributed by atoms with Crippen LogP contribution in [0, 0.1) is 0 Å². The van der Waals surface area contributed by atoms with Gasteiger partial charge in [0, 0.05) is 42.7 Å². The van der Waals surface area contributed by atoms with E-state index in [0.717, 1.165) is 18.1 Å². The molecule has 0 aromatic rings. The molecule has 6 nitrogen and oxygen atoms in total. The third kappa shape index (κ3) is 15.1. The summed E-state index contributed by atoms with van der Waals surface area (Å²) < 4.78 is 32.8. The van der Waals surface area contributed by atoms with E-state index >= 15 is 0 Å². The largest absolute Gasteiger partial charge is 0.400 e. The van der Waals surface area contributed by atoms with Gasteiger partial charge in [0.05, 0.1) is 8.07 Å². The van der Waals surface area contributed by atoms with Crippen LogP contribution in [0.25, 0.3) is 0 Å². The van der Waals surface area contributed by atoms with Gasteiger partial charge in [0.2, 0.25) is 0 Å². The van der Waals surface area contributed by atoms with Gasteiger partial charge >= 0.3 is 27.9 Å². The summed E-state index contributed by atoms with van der Waals surface area (Å²) in [6.45, 7) is 2.62. The van der Waals surface area contributed by atoms with Crippen molar-refractivity contribution in [3.63, 3.8) is 0 Å². The fourth-order valence-electron chi connectivity index (χ4n) is 3.96. The molecular weight excluding hydrogens is 437 g/mol. The summed E-state index contributed by atoms with van der Waals surface area (Å²) >= 11 is 0. The minimum Gasteiger partial charge on any atom is -0.400 e. The van der Waals surface area contributed by atoms with Gasteiger partial charge in [0.1, 0.15) is 0 Å². The lowest BCUT2D eigenvalue weighted by Gasteiger charge is -2.28. The Labute approximate surface area is 186 Å². The molecule has 0 unspecified atom stereocenters. The predicted octanol–water partition coefficient (Wildman–Crippen LogP) is 3.95. The summed E-state index contributed by atoms with van der Waals surface area (Å²) in [4.78, 5) is 0. The number of hydrogen-bond donors (Lipinski definition) is 0. The molecule has 0 heterocycles. The Balaban J connectivity index is 4.43. The molecule has 176 valence electrons. The van der Waals surface area contributed by atoms with Gasteiger partial charge < -0.3 is 26.6 Å². The number of unbranched alkanes of at least 4 members (excludes halogenated alkanes) is 3. The van der Waals surface area contributed by atoms with Gasteiger partial charge in [-0.25, -0.2) is 0 Å². The third-order valence-electron chi connectivity index (χ3n) is 5.99. The van der Waals surface area contributed by atoms with Crippen molar-refractivity contribution in [3.8, 4) is 0 Å². The smallest absolute Gasteiger partial charge is 0.320 e. The third-order valence-corrected chi connectivity index (χ3v) is 16.5. The van der Waals surface area contributed by atoms with Crippen molar-refractivity contribution in [3.05, 3.63) is 0 Å². The lowest BCUT2D eigenvalue weighted by molar-refractivity contribution is 0.276. The fourth-order valence-corrected chi connectivity index (χ4v) is 11.9. The lowest BCUT2D eigenvalue weighted by atomic mass is 10.4. The molecule has 0 aliphatic carbocycles. The molecule has 29 heavy (non-hydrogen) atoms. The molecule has 0 fully saturated rings. The highest BCUT2D eigenvalue weighted by molar-refractivity contribution is 6.78. The van der Waals surface area contributed by atoms with E-state index in [1.165, 1.54) is 56.7 Å². The molecule has 0 spiro atoms. The molecule has 0 aromatic heterocycles. The van der Waals surface area contributed by atoms with Gasteiger partial charge in [-0.3, -0.25) is 0 Å². The van der Waals surface area contributed by atoms with Crippen LogP contribution in [-0.2, 0) is 26.6 Å². The Morgan fingerprint density at radius 2 is 0.690 bits per heavy atom. The van der Waals surface area contributed by atoms with Gasteiger partial charge in [0.15, 0.2) is 0 Å². The Kier molecular flexibility index (Phi) is 19.7. The van der Waals surface area contributed by atoms with E-state index in [-0.39, 0.29) is 0 Å². The van der Waals surface area contributed by atoms with Crippen molar-refractivity contribution in [2.75, 3.05) is 42.7 Å². The average molecular weight is 485 g/mol. The highest BCUT2D eigenvalue weighted by Crippen LogP contribution is 2.29. The highest BCUT2D eigenvalue weighted by Gasteiger charge is 2.26. The van der Waals surface area contributed by atoms with Crippen molar-refractivity contribution < 1.29 is 26.6 Å². The maximum atomic E-state index is 5.47. The zero-order valence-electron chi connectivity index (χ0n) is 20.2. The minimum absolute atomic E-state index is 1.13. The Morgan fingerprint density at radius 1 is 0.448 bits per heavy atom. The summed E-state index contributed by atoms with van der Waals surface area (Å²) in [5, 5.41) is 0. The van der Waals surface area contributed by atoms with Crippen LogP contribution in [0.3, 0.4) is 0 Å². The molecular formula is C19H48O6Si4. The van der Waals surface area contributed by atoms with Crippen LogP contribution in [-0.4, -0.2) is 78.6 Å². The molecule has 0 aliphatic rings. The van der Waals surface area contributed by atoms with Crippen LogP contribution in [0.5, 0.6) is 0 Å². The molecule has 0 radical (unpaired) electrons. The van der Waals surface area contributed by atoms with Crippen LogP contribution in [0.4, 0.5) is 0 Å². The van der Waals surface area contributed by atoms with Crippen molar-refractivity contribution in [2.24, 2.45) is 0 Å². The first-order chi connectivity index (χ1) is 14.0. The first-order valence-electron chi connectivity index (χ1n) is 11.1. The van der Waals surface area contributed by atoms with E-state index in [4.69, 9.17) is 26.6 Å². The topological polar surface area (TPSA) is 55.4 Å². The molecule has 0 atom stereocenters. The van der Waals surface area contributed by atoms with Gasteiger partial charge in [-0.1, -0.05) is 63.2 Å². The van der Waals surface area contributed by atoms with Crippen LogP contribution in [0.2, 0.25) is 42.8 Å². The second-order valence-electron chi connectivity index (χ2n) is 8.25. The van der Waals surface area contributed by atoms with E-state index in [9.17, 15) is 0 Å². The van der Waals surface area contributed by atoms with Gasteiger partial charge in [0.25, 0.3) is 0 Å². The monoisotopic (exact) mass is 484 g/mol. The summed E-state index contributed by atoms with van der Waals surface area (Å²) in [7, 11) is 5.28. The standard InChI is InChI=1S/C19H48O6Si4/c1-20-26(21-2)14-8-11-17-29(7,18-12-9-15-27(22-3)23-4)19-13-10-16-28(24-5)25-6/h26-28H,8-19H2,1-7H3. The maximum absolute atomic E-state index is 5.47. The Bertz CT molecular complexity index is 305. The first kappa shape index (κ1) is 29.6. The van der Waals surface area contributed by atoms with Crippen molar-refractivity contribution in [2.45, 2.75) is 81.3 Å². The maximum Gasteiger partial charge on any atom is 0.320 e. The van der Waals surface area contributed by atoms with Crippen molar-refractivity contribution in [1.82, 2.24) is 0 Å². The van der Waals surface area contributed by atoms with Gasteiger partial charge in [-0.15, -0.1) is 0 Å². The quantitative estimate of drug-likeness (QED) is 0.182. The van der Waals surface area contributed by atoms with Crippen LogP contribution >= 0.6 is 0 Å². The summed E-state index contributed by atoms with van der Waals surface area (Å²) in [6, 6.07) is 7.65. The molecule has 0 bridgehead atoms. The molecule has 0 N–H and O–H groups in total. The van der Waals surface area contributed by atoms with Gasteiger partial charge in [-0.2, -0.15) is 0 Å². The molecule has 0 amide bonds. The zero-order valence-corrected chi connectivity index (χ0v) is 24.6. The second-order valence-corrected chi connectivity index (χ2v) is 20.5. The van der Waals surface area contributed by atoms with Gasteiger partial charge in [-0.05, 0) is 18.1 Å². The van der Waals surface area contributed by atoms with E-state index in [1.54, 1.807) is 42.7 Å². The lowest BCUT2D eigenvalue weighted by Crippen LogP contribution is -2.30. The fraction of sp³-hybridized carbons (Fsp3) is 1.00. The molecule has 0 aliphatic heterocycles. The molecule has 0 aromatic carbocycles. The predicted molar refractivity (Wildman–Crippen MR) is 132 cm³/mol. The SMILES string of the molecule is CO[SiH](CCCC[Si](C)(CCCC[SiH](OC)OC)CCCC[SiH](OC)OC)OC. The van der Waals surface area contributed by atoms with E-state index in [0.29, 0.717) is 0 Å². The normalized spacial score (nSPS) is 12.6. The van der Waals surface area contributed by atoms with Crippen molar-refractivity contribution >= 4 is 35.9 Å². The summed E-state index contributed by atoms with van der Waals surface area (Å²) in [6.07, 6.45) is 7.68. The number of rotatable bonds is 21. The minimum atomic E-state index is -1.40. The average Bonchev–Trinajstić information content (AvgIpc) is 2.74.